The zero-order chi connectivity index (χ0) is 23.4. The van der Waals surface area contributed by atoms with Gasteiger partial charge in [0.2, 0.25) is 5.89 Å². The van der Waals surface area contributed by atoms with Gasteiger partial charge in [-0.05, 0) is 61.4 Å². The summed E-state index contributed by atoms with van der Waals surface area (Å²) in [5.74, 6) is 0.298. The molecule has 0 fully saturated rings. The molecule has 0 unspecified atom stereocenters. The van der Waals surface area contributed by atoms with Crippen molar-refractivity contribution in [2.45, 2.75) is 31.0 Å². The van der Waals surface area contributed by atoms with E-state index in [1.165, 1.54) is 0 Å². The van der Waals surface area contributed by atoms with Gasteiger partial charge in [0.05, 0.1) is 10.6 Å². The van der Waals surface area contributed by atoms with E-state index in [4.69, 9.17) is 4.42 Å². The van der Waals surface area contributed by atoms with Crippen LogP contribution in [0.1, 0.15) is 32.9 Å². The Labute approximate surface area is 192 Å². The number of pyridine rings is 1. The monoisotopic (exact) mass is 461 g/mol. The SMILES string of the molecule is Cc1ccccc1S(=O)(=O)Cc1nc(-c2ccc(C(=O)NCc3cccnc3)cc2)oc1C. The smallest absolute Gasteiger partial charge is 0.251 e. The van der Waals surface area contributed by atoms with Crippen molar-refractivity contribution >= 4 is 15.7 Å². The van der Waals surface area contributed by atoms with Crippen LogP contribution in [0.5, 0.6) is 0 Å². The molecule has 1 amide bonds. The minimum Gasteiger partial charge on any atom is -0.441 e. The molecule has 0 saturated carbocycles. The van der Waals surface area contributed by atoms with Crippen molar-refractivity contribution in [2.24, 2.45) is 0 Å². The Morgan fingerprint density at radius 1 is 1.00 bits per heavy atom. The molecule has 2 heterocycles. The molecule has 2 aromatic carbocycles. The lowest BCUT2D eigenvalue weighted by Gasteiger charge is -2.06. The van der Waals surface area contributed by atoms with Crippen LogP contribution in [0.15, 0.2) is 82.4 Å². The van der Waals surface area contributed by atoms with Gasteiger partial charge >= 0.3 is 0 Å². The number of benzene rings is 2. The molecule has 0 radical (unpaired) electrons. The van der Waals surface area contributed by atoms with Gasteiger partial charge in [-0.2, -0.15) is 0 Å². The van der Waals surface area contributed by atoms with E-state index in [-0.39, 0.29) is 16.6 Å². The molecular weight excluding hydrogens is 438 g/mol. The summed E-state index contributed by atoms with van der Waals surface area (Å²) in [5.41, 5.74) is 3.11. The minimum atomic E-state index is -3.56. The first-order valence-corrected chi connectivity index (χ1v) is 12.0. The zero-order valence-corrected chi connectivity index (χ0v) is 19.1. The van der Waals surface area contributed by atoms with Crippen LogP contribution >= 0.6 is 0 Å². The summed E-state index contributed by atoms with van der Waals surface area (Å²) in [7, 11) is -3.56. The van der Waals surface area contributed by atoms with Crippen LogP contribution in [0.4, 0.5) is 0 Å². The molecule has 33 heavy (non-hydrogen) atoms. The van der Waals surface area contributed by atoms with Crippen LogP contribution in [0, 0.1) is 13.8 Å². The van der Waals surface area contributed by atoms with E-state index < -0.39 is 9.84 Å². The number of amides is 1. The number of nitrogens with one attached hydrogen (secondary N) is 1. The third-order valence-corrected chi connectivity index (χ3v) is 7.00. The van der Waals surface area contributed by atoms with Gasteiger partial charge in [-0.1, -0.05) is 24.3 Å². The van der Waals surface area contributed by atoms with Crippen LogP contribution in [-0.4, -0.2) is 24.3 Å². The predicted octanol–water partition coefficient (Wildman–Crippen LogP) is 4.26. The van der Waals surface area contributed by atoms with Gasteiger partial charge in [0.1, 0.15) is 11.5 Å². The normalized spacial score (nSPS) is 11.3. The molecular formula is C25H23N3O4S. The highest BCUT2D eigenvalue weighted by Crippen LogP contribution is 2.26. The molecule has 8 heteroatoms. The second-order valence-electron chi connectivity index (χ2n) is 7.67. The van der Waals surface area contributed by atoms with E-state index in [1.54, 1.807) is 74.8 Å². The maximum absolute atomic E-state index is 12.9. The largest absolute Gasteiger partial charge is 0.441 e. The van der Waals surface area contributed by atoms with Crippen LogP contribution in [-0.2, 0) is 22.1 Å². The van der Waals surface area contributed by atoms with Gasteiger partial charge in [-0.15, -0.1) is 0 Å². The fraction of sp³-hybridized carbons (Fsp3) is 0.160. The predicted molar refractivity (Wildman–Crippen MR) is 124 cm³/mol. The van der Waals surface area contributed by atoms with Crippen LogP contribution in [0.3, 0.4) is 0 Å². The van der Waals surface area contributed by atoms with Crippen molar-refractivity contribution in [3.05, 3.63) is 101 Å². The molecule has 0 aliphatic rings. The molecule has 168 valence electrons. The summed E-state index contributed by atoms with van der Waals surface area (Å²) in [6.07, 6.45) is 3.38. The molecule has 0 spiro atoms. The molecule has 4 rings (SSSR count). The Hall–Kier alpha value is -3.78. The average molecular weight is 462 g/mol. The lowest BCUT2D eigenvalue weighted by molar-refractivity contribution is 0.0951. The molecule has 4 aromatic rings. The van der Waals surface area contributed by atoms with E-state index in [9.17, 15) is 13.2 Å². The Bertz CT molecular complexity index is 1380. The van der Waals surface area contributed by atoms with Crippen molar-refractivity contribution in [3.8, 4) is 11.5 Å². The van der Waals surface area contributed by atoms with Gasteiger partial charge < -0.3 is 9.73 Å². The van der Waals surface area contributed by atoms with E-state index in [0.29, 0.717) is 40.6 Å². The summed E-state index contributed by atoms with van der Waals surface area (Å²) >= 11 is 0. The van der Waals surface area contributed by atoms with Crippen molar-refractivity contribution < 1.29 is 17.6 Å². The van der Waals surface area contributed by atoms with Crippen LogP contribution in [0.25, 0.3) is 11.5 Å². The Morgan fingerprint density at radius 3 is 2.45 bits per heavy atom. The molecule has 0 aliphatic heterocycles. The highest BCUT2D eigenvalue weighted by atomic mass is 32.2. The van der Waals surface area contributed by atoms with Crippen molar-refractivity contribution in [1.82, 2.24) is 15.3 Å². The maximum atomic E-state index is 12.9. The quantitative estimate of drug-likeness (QED) is 0.441. The number of aromatic nitrogens is 2. The Morgan fingerprint density at radius 2 is 1.76 bits per heavy atom. The van der Waals surface area contributed by atoms with E-state index in [2.05, 4.69) is 15.3 Å². The van der Waals surface area contributed by atoms with Gasteiger partial charge in [0.15, 0.2) is 9.84 Å². The van der Waals surface area contributed by atoms with E-state index in [1.807, 2.05) is 12.1 Å². The van der Waals surface area contributed by atoms with Crippen molar-refractivity contribution in [2.75, 3.05) is 0 Å². The third-order valence-electron chi connectivity index (χ3n) is 5.22. The standard InChI is InChI=1S/C25H23N3O4S/c1-17-6-3-4-8-23(17)33(30,31)16-22-18(2)32-25(28-22)21-11-9-20(10-12-21)24(29)27-15-19-7-5-13-26-14-19/h3-14H,15-16H2,1-2H3,(H,27,29). The number of nitrogens with zero attached hydrogens (tertiary/aromatic N) is 2. The fourth-order valence-electron chi connectivity index (χ4n) is 3.40. The number of oxazole rings is 1. The Balaban J connectivity index is 1.47. The number of carbonyl (C=O) groups excluding carboxylic acids is 1. The summed E-state index contributed by atoms with van der Waals surface area (Å²) in [6.45, 7) is 3.84. The van der Waals surface area contributed by atoms with E-state index >= 15 is 0 Å². The number of hydrogen-bond donors (Lipinski definition) is 1. The molecule has 2 aromatic heterocycles. The lowest BCUT2D eigenvalue weighted by Crippen LogP contribution is -2.22. The first-order valence-electron chi connectivity index (χ1n) is 10.4. The number of hydrogen-bond acceptors (Lipinski definition) is 6. The molecule has 0 bridgehead atoms. The molecule has 1 N–H and O–H groups in total. The topological polar surface area (TPSA) is 102 Å². The number of sulfone groups is 1. The Kier molecular flexibility index (Phi) is 6.37. The van der Waals surface area contributed by atoms with E-state index in [0.717, 1.165) is 5.56 Å². The summed E-state index contributed by atoms with van der Waals surface area (Å²) < 4.78 is 31.5. The van der Waals surface area contributed by atoms with Crippen molar-refractivity contribution in [3.63, 3.8) is 0 Å². The van der Waals surface area contributed by atoms with Crippen molar-refractivity contribution in [1.29, 1.82) is 0 Å². The summed E-state index contributed by atoms with van der Waals surface area (Å²) in [5, 5.41) is 2.85. The second kappa shape index (κ2) is 9.38. The number of carbonyl (C=O) groups is 1. The minimum absolute atomic E-state index is 0.209. The number of rotatable bonds is 7. The first kappa shape index (κ1) is 22.4. The zero-order valence-electron chi connectivity index (χ0n) is 18.3. The molecule has 0 saturated heterocycles. The van der Waals surface area contributed by atoms with Crippen LogP contribution in [0.2, 0.25) is 0 Å². The summed E-state index contributed by atoms with van der Waals surface area (Å²) in [4.78, 5) is 21.1. The fourth-order valence-corrected chi connectivity index (χ4v) is 5.03. The van der Waals surface area contributed by atoms with Gasteiger partial charge in [-0.25, -0.2) is 13.4 Å². The maximum Gasteiger partial charge on any atom is 0.251 e. The third kappa shape index (κ3) is 5.18. The molecule has 0 atom stereocenters. The van der Waals surface area contributed by atoms with Gasteiger partial charge in [-0.3, -0.25) is 9.78 Å². The molecule has 0 aliphatic carbocycles. The molecule has 7 nitrogen and oxygen atoms in total. The number of aryl methyl sites for hydroxylation is 2. The second-order valence-corrected chi connectivity index (χ2v) is 9.63. The summed E-state index contributed by atoms with van der Waals surface area (Å²) in [6, 6.07) is 17.4. The van der Waals surface area contributed by atoms with Gasteiger partial charge in [0, 0.05) is 30.1 Å². The lowest BCUT2D eigenvalue weighted by atomic mass is 10.1. The average Bonchev–Trinajstić information content (AvgIpc) is 3.18. The first-order chi connectivity index (χ1) is 15.8. The highest BCUT2D eigenvalue weighted by Gasteiger charge is 2.22. The van der Waals surface area contributed by atoms with Gasteiger partial charge in [0.25, 0.3) is 5.91 Å². The van der Waals surface area contributed by atoms with Crippen LogP contribution < -0.4 is 5.32 Å². The highest BCUT2D eigenvalue weighted by molar-refractivity contribution is 7.90.